The number of hydrogen-bond donors (Lipinski definition) is 2. The van der Waals surface area contributed by atoms with Crippen molar-refractivity contribution in [2.75, 3.05) is 26.6 Å². The molecule has 10 heteroatoms. The summed E-state index contributed by atoms with van der Waals surface area (Å²) < 4.78 is 17.5. The first-order chi connectivity index (χ1) is 16.0. The molecule has 0 saturated heterocycles. The van der Waals surface area contributed by atoms with Gasteiger partial charge in [-0.1, -0.05) is 17.2 Å². The Bertz CT molecular complexity index is 1230. The third kappa shape index (κ3) is 3.43. The Morgan fingerprint density at radius 3 is 2.33 bits per heavy atom. The molecule has 1 aromatic heterocycles. The smallest absolute Gasteiger partial charge is 0.248 e. The number of hydrogen-bond acceptors (Lipinski definition) is 9. The molecule has 0 amide bonds. The fraction of sp³-hybridized carbons (Fsp3) is 0.304. The first-order valence-electron chi connectivity index (χ1n) is 10.4. The highest BCUT2D eigenvalue weighted by Crippen LogP contribution is 2.46. The van der Waals surface area contributed by atoms with Gasteiger partial charge in [0.2, 0.25) is 11.7 Å². The molecule has 3 aromatic rings. The number of nitrogens with one attached hydrogen (secondary N) is 1. The van der Waals surface area contributed by atoms with Crippen molar-refractivity contribution >= 4 is 11.7 Å². The quantitative estimate of drug-likeness (QED) is 0.606. The van der Waals surface area contributed by atoms with Gasteiger partial charge in [-0.2, -0.15) is 4.68 Å². The lowest BCUT2D eigenvalue weighted by molar-refractivity contribution is -0.116. The Morgan fingerprint density at radius 2 is 1.70 bits per heavy atom. The fourth-order valence-corrected chi connectivity index (χ4v) is 4.56. The van der Waals surface area contributed by atoms with Gasteiger partial charge in [-0.25, -0.2) is 0 Å². The van der Waals surface area contributed by atoms with E-state index in [-0.39, 0.29) is 28.9 Å². The number of benzene rings is 2. The Hall–Kier alpha value is -4.08. The number of anilines is 1. The van der Waals surface area contributed by atoms with Crippen LogP contribution in [0.1, 0.15) is 35.9 Å². The van der Waals surface area contributed by atoms with Gasteiger partial charge in [0.1, 0.15) is 11.8 Å². The highest BCUT2D eigenvalue weighted by molar-refractivity contribution is 6.00. The molecule has 10 nitrogen and oxygen atoms in total. The van der Waals surface area contributed by atoms with Gasteiger partial charge in [0.05, 0.1) is 21.3 Å². The number of tetrazole rings is 1. The largest absolute Gasteiger partial charge is 0.502 e. The van der Waals surface area contributed by atoms with E-state index in [2.05, 4.69) is 20.8 Å². The molecule has 2 atom stereocenters. The average Bonchev–Trinajstić information content (AvgIpc) is 3.31. The predicted molar refractivity (Wildman–Crippen MR) is 118 cm³/mol. The molecule has 0 fully saturated rings. The molecule has 2 heterocycles. The molecule has 0 radical (unpaired) electrons. The minimum absolute atomic E-state index is 0.00160. The summed E-state index contributed by atoms with van der Waals surface area (Å²) in [6.07, 6.45) is 0.982. The van der Waals surface area contributed by atoms with Crippen molar-refractivity contribution in [1.29, 1.82) is 0 Å². The second-order valence-corrected chi connectivity index (χ2v) is 7.94. The van der Waals surface area contributed by atoms with Crippen LogP contribution in [0.3, 0.4) is 0 Å². The van der Waals surface area contributed by atoms with Crippen molar-refractivity contribution in [2.45, 2.75) is 24.8 Å². The van der Waals surface area contributed by atoms with E-state index in [1.807, 2.05) is 24.3 Å². The molecule has 5 rings (SSSR count). The number of rotatable bonds is 5. The van der Waals surface area contributed by atoms with Crippen molar-refractivity contribution in [3.05, 3.63) is 58.8 Å². The summed E-state index contributed by atoms with van der Waals surface area (Å²) in [6.45, 7) is 0. The molecule has 33 heavy (non-hydrogen) atoms. The second kappa shape index (κ2) is 8.12. The average molecular weight is 449 g/mol. The van der Waals surface area contributed by atoms with Crippen LogP contribution in [0.15, 0.2) is 47.7 Å². The lowest BCUT2D eigenvalue weighted by atomic mass is 9.78. The highest BCUT2D eigenvalue weighted by Gasteiger charge is 2.40. The lowest BCUT2D eigenvalue weighted by Crippen LogP contribution is -2.33. The number of carbonyl (C=O) groups is 1. The first-order valence-corrected chi connectivity index (χ1v) is 10.4. The molecule has 1 aliphatic carbocycles. The number of fused-ring (bicyclic) bond motifs is 1. The van der Waals surface area contributed by atoms with E-state index < -0.39 is 6.04 Å². The second-order valence-electron chi connectivity index (χ2n) is 7.94. The standard InChI is InChI=1S/C23H23N5O5/c1-31-15-6-4-12(5-7-15)13-8-16-20(17(29)9-13)21(28-23(24-16)25-26-27-28)14-10-18(32-2)22(30)19(11-14)33-3/h4-7,10-11,13,21,30H,8-9H2,1-3H3,(H,24,25,27)/t13-,21+/m1/s1. The van der Waals surface area contributed by atoms with Gasteiger partial charge in [-0.3, -0.25) is 4.79 Å². The minimum Gasteiger partial charge on any atom is -0.502 e. The maximum absolute atomic E-state index is 13.5. The maximum Gasteiger partial charge on any atom is 0.248 e. The fourth-order valence-electron chi connectivity index (χ4n) is 4.56. The van der Waals surface area contributed by atoms with Crippen molar-refractivity contribution in [3.63, 3.8) is 0 Å². The van der Waals surface area contributed by atoms with Crippen LogP contribution in [0.25, 0.3) is 0 Å². The number of allylic oxidation sites excluding steroid dienone is 2. The van der Waals surface area contributed by atoms with Gasteiger partial charge >= 0.3 is 0 Å². The topological polar surface area (TPSA) is 121 Å². The minimum atomic E-state index is -0.584. The Balaban J connectivity index is 1.59. The molecule has 1 aliphatic heterocycles. The molecule has 0 spiro atoms. The number of methoxy groups -OCH3 is 3. The third-order valence-corrected chi connectivity index (χ3v) is 6.19. The number of carbonyl (C=O) groups excluding carboxylic acids is 1. The van der Waals surface area contributed by atoms with E-state index in [0.717, 1.165) is 17.0 Å². The first kappa shape index (κ1) is 20.8. The predicted octanol–water partition coefficient (Wildman–Crippen LogP) is 2.82. The maximum atomic E-state index is 13.5. The monoisotopic (exact) mass is 449 g/mol. The van der Waals surface area contributed by atoms with E-state index in [9.17, 15) is 9.90 Å². The normalized spacial score (nSPS) is 19.4. The van der Waals surface area contributed by atoms with Crippen LogP contribution in [-0.4, -0.2) is 52.4 Å². The van der Waals surface area contributed by atoms with Crippen LogP contribution >= 0.6 is 0 Å². The van der Waals surface area contributed by atoms with Gasteiger partial charge in [0.25, 0.3) is 0 Å². The summed E-state index contributed by atoms with van der Waals surface area (Å²) in [6, 6.07) is 10.5. The Morgan fingerprint density at radius 1 is 1.00 bits per heavy atom. The molecular formula is C23H23N5O5. The van der Waals surface area contributed by atoms with Gasteiger partial charge in [-0.15, -0.1) is 0 Å². The van der Waals surface area contributed by atoms with E-state index >= 15 is 0 Å². The summed E-state index contributed by atoms with van der Waals surface area (Å²) in [5.41, 5.74) is 3.10. The molecular weight excluding hydrogens is 426 g/mol. The van der Waals surface area contributed by atoms with Crippen molar-refractivity contribution < 1.29 is 24.1 Å². The Labute approximate surface area is 189 Å². The number of aromatic hydroxyl groups is 1. The number of nitrogens with zero attached hydrogens (tertiary/aromatic N) is 4. The SMILES string of the molecule is COc1ccc([C@H]2CC(=O)C3=C(C2)Nc2nnnn2[C@H]3c2cc(OC)c(O)c(OC)c2)cc1. The molecule has 2 N–H and O–H groups in total. The number of ketones is 1. The summed E-state index contributed by atoms with van der Waals surface area (Å²) in [4.78, 5) is 13.5. The van der Waals surface area contributed by atoms with Crippen LogP contribution in [0, 0.1) is 0 Å². The van der Waals surface area contributed by atoms with Gasteiger partial charge in [0.15, 0.2) is 17.3 Å². The number of phenols is 1. The molecule has 2 aromatic carbocycles. The zero-order chi connectivity index (χ0) is 23.1. The summed E-state index contributed by atoms with van der Waals surface area (Å²) >= 11 is 0. The summed E-state index contributed by atoms with van der Waals surface area (Å²) in [5, 5.41) is 25.6. The van der Waals surface area contributed by atoms with Crippen molar-refractivity contribution in [1.82, 2.24) is 20.2 Å². The molecule has 170 valence electrons. The van der Waals surface area contributed by atoms with E-state index in [1.165, 1.54) is 14.2 Å². The zero-order valence-electron chi connectivity index (χ0n) is 18.4. The molecule has 0 saturated carbocycles. The summed E-state index contributed by atoms with van der Waals surface area (Å²) in [7, 11) is 4.54. The van der Waals surface area contributed by atoms with Gasteiger partial charge < -0.3 is 24.6 Å². The van der Waals surface area contributed by atoms with Crippen LogP contribution in [-0.2, 0) is 4.79 Å². The van der Waals surface area contributed by atoms with Crippen molar-refractivity contribution in [2.24, 2.45) is 0 Å². The van der Waals surface area contributed by atoms with Crippen LogP contribution in [0.5, 0.6) is 23.0 Å². The molecule has 2 aliphatic rings. The Kier molecular flexibility index (Phi) is 5.12. The van der Waals surface area contributed by atoms with E-state index in [1.54, 1.807) is 23.9 Å². The lowest BCUT2D eigenvalue weighted by Gasteiger charge is -2.34. The number of ether oxygens (including phenoxy) is 3. The number of Topliss-reactive ketones (excluding diaryl/α,β-unsaturated/α-hetero) is 1. The van der Waals surface area contributed by atoms with Gasteiger partial charge in [0, 0.05) is 17.7 Å². The molecule has 0 bridgehead atoms. The third-order valence-electron chi connectivity index (χ3n) is 6.19. The van der Waals surface area contributed by atoms with Crippen molar-refractivity contribution in [3.8, 4) is 23.0 Å². The molecule has 0 unspecified atom stereocenters. The number of aromatic nitrogens is 4. The van der Waals surface area contributed by atoms with E-state index in [0.29, 0.717) is 29.9 Å². The zero-order valence-corrected chi connectivity index (χ0v) is 18.4. The summed E-state index contributed by atoms with van der Waals surface area (Å²) in [5.74, 6) is 1.58. The highest BCUT2D eigenvalue weighted by atomic mass is 16.5. The van der Waals surface area contributed by atoms with Crippen LogP contribution in [0.4, 0.5) is 5.95 Å². The van der Waals surface area contributed by atoms with Gasteiger partial charge in [-0.05, 0) is 58.2 Å². The van der Waals surface area contributed by atoms with Crippen LogP contribution in [0.2, 0.25) is 0 Å². The van der Waals surface area contributed by atoms with E-state index in [4.69, 9.17) is 14.2 Å². The van der Waals surface area contributed by atoms with Crippen LogP contribution < -0.4 is 19.5 Å². The number of phenolic OH excluding ortho intramolecular Hbond substituents is 1.